The fraction of sp³-hybridized carbons (Fsp3) is 0.500. The molecule has 1 fully saturated rings. The maximum absolute atomic E-state index is 12.6. The Morgan fingerprint density at radius 3 is 2.55 bits per heavy atom. The van der Waals surface area contributed by atoms with Crippen LogP contribution in [0, 0.1) is 26.7 Å². The van der Waals surface area contributed by atoms with E-state index in [0.29, 0.717) is 12.3 Å². The Labute approximate surface area is 184 Å². The van der Waals surface area contributed by atoms with Gasteiger partial charge in [-0.3, -0.25) is 4.79 Å². The lowest BCUT2D eigenvalue weighted by Crippen LogP contribution is -2.36. The number of fused-ring (bicyclic) bond motifs is 1. The second kappa shape index (κ2) is 8.65. The molecule has 1 aliphatic heterocycles. The van der Waals surface area contributed by atoms with Crippen molar-refractivity contribution < 1.29 is 4.79 Å². The highest BCUT2D eigenvalue weighted by Gasteiger charge is 2.24. The summed E-state index contributed by atoms with van der Waals surface area (Å²) in [6.07, 6.45) is 1.54. The summed E-state index contributed by atoms with van der Waals surface area (Å²) >= 11 is 0. The van der Waals surface area contributed by atoms with Gasteiger partial charge in [-0.05, 0) is 44.7 Å². The standard InChI is InChI=1S/C24H32N6O/c1-16(2)15-21(31)28-11-8-12-29(14-13-28)23-22-18(4)27-30(24(22)26-19(5)25-23)20-10-7-6-9-17(20)3/h6-7,9-10,16H,8,11-15H2,1-5H3. The molecule has 0 aliphatic carbocycles. The van der Waals surface area contributed by atoms with E-state index in [9.17, 15) is 4.79 Å². The third-order valence-electron chi connectivity index (χ3n) is 5.87. The molecule has 0 spiro atoms. The monoisotopic (exact) mass is 420 g/mol. The van der Waals surface area contributed by atoms with Crippen molar-refractivity contribution >= 4 is 22.8 Å². The van der Waals surface area contributed by atoms with Crippen LogP contribution in [-0.2, 0) is 4.79 Å². The topological polar surface area (TPSA) is 67.2 Å². The van der Waals surface area contributed by atoms with Crippen LogP contribution in [0.15, 0.2) is 24.3 Å². The smallest absolute Gasteiger partial charge is 0.222 e. The molecule has 0 unspecified atom stereocenters. The lowest BCUT2D eigenvalue weighted by atomic mass is 10.1. The van der Waals surface area contributed by atoms with E-state index in [4.69, 9.17) is 15.1 Å². The van der Waals surface area contributed by atoms with Crippen molar-refractivity contribution in [3.8, 4) is 5.69 Å². The summed E-state index contributed by atoms with van der Waals surface area (Å²) in [6, 6.07) is 8.22. The van der Waals surface area contributed by atoms with Gasteiger partial charge in [0.1, 0.15) is 11.6 Å². The highest BCUT2D eigenvalue weighted by atomic mass is 16.2. The number of benzene rings is 1. The maximum atomic E-state index is 12.6. The molecular formula is C24H32N6O. The van der Waals surface area contributed by atoms with Crippen LogP contribution in [0.3, 0.4) is 0 Å². The molecule has 0 atom stereocenters. The molecule has 1 aromatic carbocycles. The minimum Gasteiger partial charge on any atom is -0.354 e. The van der Waals surface area contributed by atoms with Crippen molar-refractivity contribution in [3.05, 3.63) is 41.3 Å². The predicted molar refractivity (Wildman–Crippen MR) is 124 cm³/mol. The first-order chi connectivity index (χ1) is 14.8. The summed E-state index contributed by atoms with van der Waals surface area (Å²) in [7, 11) is 0. The van der Waals surface area contributed by atoms with Crippen molar-refractivity contribution in [1.29, 1.82) is 0 Å². The number of carbonyl (C=O) groups excluding carboxylic acids is 1. The number of hydrogen-bond acceptors (Lipinski definition) is 5. The Morgan fingerprint density at radius 2 is 1.81 bits per heavy atom. The number of rotatable bonds is 4. The van der Waals surface area contributed by atoms with Gasteiger partial charge in [-0.25, -0.2) is 14.6 Å². The Hall–Kier alpha value is -2.96. The van der Waals surface area contributed by atoms with Crippen LogP contribution in [0.4, 0.5) is 5.82 Å². The molecule has 0 radical (unpaired) electrons. The second-order valence-electron chi connectivity index (χ2n) is 8.90. The van der Waals surface area contributed by atoms with Crippen molar-refractivity contribution in [3.63, 3.8) is 0 Å². The summed E-state index contributed by atoms with van der Waals surface area (Å²) < 4.78 is 1.94. The number of para-hydroxylation sites is 1. The minimum absolute atomic E-state index is 0.254. The van der Waals surface area contributed by atoms with Crippen molar-refractivity contribution in [2.75, 3.05) is 31.1 Å². The van der Waals surface area contributed by atoms with E-state index in [0.717, 1.165) is 72.2 Å². The van der Waals surface area contributed by atoms with Crippen molar-refractivity contribution in [1.82, 2.24) is 24.6 Å². The Morgan fingerprint density at radius 1 is 1.03 bits per heavy atom. The average Bonchev–Trinajstić information content (AvgIpc) is 2.89. The number of aromatic nitrogens is 4. The van der Waals surface area contributed by atoms with Crippen LogP contribution < -0.4 is 4.90 Å². The first-order valence-electron chi connectivity index (χ1n) is 11.2. The van der Waals surface area contributed by atoms with Crippen LogP contribution in [0.2, 0.25) is 0 Å². The fourth-order valence-electron chi connectivity index (χ4n) is 4.32. The van der Waals surface area contributed by atoms with Crippen LogP contribution in [0.1, 0.15) is 43.8 Å². The molecule has 164 valence electrons. The number of nitrogens with zero attached hydrogens (tertiary/aromatic N) is 6. The summed E-state index contributed by atoms with van der Waals surface area (Å²) in [6.45, 7) is 13.4. The zero-order chi connectivity index (χ0) is 22.1. The molecule has 0 N–H and O–H groups in total. The van der Waals surface area contributed by atoms with E-state index in [-0.39, 0.29) is 5.91 Å². The molecule has 0 bridgehead atoms. The molecule has 1 amide bonds. The Bertz CT molecular complexity index is 1100. The van der Waals surface area contributed by atoms with E-state index < -0.39 is 0 Å². The number of carbonyl (C=O) groups is 1. The molecular weight excluding hydrogens is 388 g/mol. The second-order valence-corrected chi connectivity index (χ2v) is 8.90. The number of amides is 1. The zero-order valence-corrected chi connectivity index (χ0v) is 19.2. The average molecular weight is 421 g/mol. The fourth-order valence-corrected chi connectivity index (χ4v) is 4.32. The lowest BCUT2D eigenvalue weighted by molar-refractivity contribution is -0.131. The highest BCUT2D eigenvalue weighted by Crippen LogP contribution is 2.30. The van der Waals surface area contributed by atoms with Crippen molar-refractivity contribution in [2.45, 2.75) is 47.5 Å². The van der Waals surface area contributed by atoms with Crippen LogP contribution in [-0.4, -0.2) is 56.7 Å². The van der Waals surface area contributed by atoms with E-state index >= 15 is 0 Å². The van der Waals surface area contributed by atoms with Crippen LogP contribution >= 0.6 is 0 Å². The van der Waals surface area contributed by atoms with Gasteiger partial charge in [0.15, 0.2) is 5.65 Å². The maximum Gasteiger partial charge on any atom is 0.222 e. The number of anilines is 1. The molecule has 2 aromatic heterocycles. The van der Waals surface area contributed by atoms with Gasteiger partial charge in [0.25, 0.3) is 0 Å². The predicted octanol–water partition coefficient (Wildman–Crippen LogP) is 3.83. The quantitative estimate of drug-likeness (QED) is 0.642. The summed E-state index contributed by atoms with van der Waals surface area (Å²) in [4.78, 5) is 26.5. The molecule has 31 heavy (non-hydrogen) atoms. The van der Waals surface area contributed by atoms with Crippen molar-refractivity contribution in [2.24, 2.45) is 5.92 Å². The molecule has 3 heterocycles. The largest absolute Gasteiger partial charge is 0.354 e. The van der Waals surface area contributed by atoms with E-state index in [1.807, 2.05) is 35.6 Å². The van der Waals surface area contributed by atoms with Gasteiger partial charge in [0.2, 0.25) is 5.91 Å². The third kappa shape index (κ3) is 4.27. The van der Waals surface area contributed by atoms with Gasteiger partial charge >= 0.3 is 0 Å². The Kier molecular flexibility index (Phi) is 5.94. The van der Waals surface area contributed by atoms with Gasteiger partial charge in [0.05, 0.1) is 16.8 Å². The van der Waals surface area contributed by atoms with Gasteiger partial charge in [-0.2, -0.15) is 5.10 Å². The minimum atomic E-state index is 0.254. The summed E-state index contributed by atoms with van der Waals surface area (Å²) in [5.74, 6) is 2.29. The summed E-state index contributed by atoms with van der Waals surface area (Å²) in [5.41, 5.74) is 3.95. The van der Waals surface area contributed by atoms with Gasteiger partial charge in [-0.15, -0.1) is 0 Å². The highest BCUT2D eigenvalue weighted by molar-refractivity contribution is 5.91. The molecule has 3 aromatic rings. The third-order valence-corrected chi connectivity index (χ3v) is 5.87. The molecule has 1 saturated heterocycles. The van der Waals surface area contributed by atoms with Gasteiger partial charge < -0.3 is 9.80 Å². The molecule has 4 rings (SSSR count). The van der Waals surface area contributed by atoms with Gasteiger partial charge in [0, 0.05) is 32.6 Å². The normalized spacial score (nSPS) is 15.0. The lowest BCUT2D eigenvalue weighted by Gasteiger charge is -2.24. The molecule has 7 heteroatoms. The number of aryl methyl sites for hydroxylation is 3. The molecule has 7 nitrogen and oxygen atoms in total. The first-order valence-corrected chi connectivity index (χ1v) is 11.2. The van der Waals surface area contributed by atoms with Crippen LogP contribution in [0.5, 0.6) is 0 Å². The zero-order valence-electron chi connectivity index (χ0n) is 19.2. The van der Waals surface area contributed by atoms with E-state index in [1.165, 1.54) is 0 Å². The molecule has 1 aliphatic rings. The summed E-state index contributed by atoms with van der Waals surface area (Å²) in [5, 5.41) is 5.84. The van der Waals surface area contributed by atoms with E-state index in [1.54, 1.807) is 0 Å². The Balaban J connectivity index is 1.70. The van der Waals surface area contributed by atoms with Crippen LogP contribution in [0.25, 0.3) is 16.7 Å². The SMILES string of the molecule is Cc1nc(N2CCCN(C(=O)CC(C)C)CC2)c2c(C)nn(-c3ccccc3C)c2n1. The van der Waals surface area contributed by atoms with Gasteiger partial charge in [-0.1, -0.05) is 32.0 Å². The first kappa shape index (κ1) is 21.3. The molecule has 0 saturated carbocycles. The number of hydrogen-bond donors (Lipinski definition) is 0. The van der Waals surface area contributed by atoms with E-state index in [2.05, 4.69) is 37.8 Å².